The number of aryl methyl sites for hydroxylation is 1. The fraction of sp³-hybridized carbons (Fsp3) is 0.412. The zero-order valence-corrected chi connectivity index (χ0v) is 15.8. The molecule has 0 unspecified atom stereocenters. The van der Waals surface area contributed by atoms with Crippen LogP contribution in [-0.4, -0.2) is 55.1 Å². The molecule has 3 heterocycles. The maximum atomic E-state index is 12.3. The number of carbonyl (C=O) groups is 1. The van der Waals surface area contributed by atoms with Gasteiger partial charge in [0.05, 0.1) is 17.5 Å². The van der Waals surface area contributed by atoms with E-state index in [1.807, 2.05) is 25.1 Å². The molecule has 1 aliphatic rings. The molecule has 2 aromatic heterocycles. The van der Waals surface area contributed by atoms with E-state index in [1.54, 1.807) is 12.3 Å². The fourth-order valence-electron chi connectivity index (χ4n) is 2.72. The molecule has 1 saturated heterocycles. The molecule has 0 atom stereocenters. The quantitative estimate of drug-likeness (QED) is 0.823. The van der Waals surface area contributed by atoms with Crippen molar-refractivity contribution < 1.29 is 9.21 Å². The number of carbonyl (C=O) groups excluding carboxylic acids is 1. The van der Waals surface area contributed by atoms with E-state index in [4.69, 9.17) is 4.42 Å². The number of hydrogen-bond donors (Lipinski definition) is 2. The van der Waals surface area contributed by atoms with Gasteiger partial charge in [0, 0.05) is 39.3 Å². The number of halogens is 2. The van der Waals surface area contributed by atoms with Crippen LogP contribution in [0.5, 0.6) is 0 Å². The number of nitrogens with zero attached hydrogens (tertiary/aromatic N) is 2. The van der Waals surface area contributed by atoms with Gasteiger partial charge >= 0.3 is 0 Å². The lowest BCUT2D eigenvalue weighted by Crippen LogP contribution is -2.46. The van der Waals surface area contributed by atoms with E-state index in [1.165, 1.54) is 0 Å². The van der Waals surface area contributed by atoms with Crippen molar-refractivity contribution in [3.63, 3.8) is 0 Å². The molecule has 1 aliphatic heterocycles. The Bertz CT molecular complexity index is 659. The summed E-state index contributed by atoms with van der Waals surface area (Å²) >= 11 is 0. The molecule has 0 bridgehead atoms. The van der Waals surface area contributed by atoms with E-state index in [9.17, 15) is 4.79 Å². The Morgan fingerprint density at radius 1 is 1.28 bits per heavy atom. The molecule has 1 fully saturated rings. The average molecular weight is 387 g/mol. The summed E-state index contributed by atoms with van der Waals surface area (Å²) in [7, 11) is 0. The van der Waals surface area contributed by atoms with Gasteiger partial charge in [0.15, 0.2) is 5.76 Å². The van der Waals surface area contributed by atoms with Crippen LogP contribution in [-0.2, 0) is 0 Å². The smallest absolute Gasteiger partial charge is 0.253 e. The predicted octanol–water partition coefficient (Wildman–Crippen LogP) is 2.13. The Balaban J connectivity index is 0.00000156. The van der Waals surface area contributed by atoms with Crippen molar-refractivity contribution in [2.45, 2.75) is 6.92 Å². The normalized spacial score (nSPS) is 14.3. The molecule has 1 amide bonds. The number of nitrogens with one attached hydrogen (secondary N) is 2. The Morgan fingerprint density at radius 3 is 2.68 bits per heavy atom. The van der Waals surface area contributed by atoms with Crippen molar-refractivity contribution in [3.8, 4) is 11.5 Å². The highest BCUT2D eigenvalue weighted by molar-refractivity contribution is 5.95. The largest absolute Gasteiger partial charge is 0.463 e. The van der Waals surface area contributed by atoms with E-state index < -0.39 is 0 Å². The second-order valence-electron chi connectivity index (χ2n) is 5.65. The van der Waals surface area contributed by atoms with E-state index in [-0.39, 0.29) is 30.7 Å². The van der Waals surface area contributed by atoms with Gasteiger partial charge < -0.3 is 15.1 Å². The average Bonchev–Trinajstić information content (AvgIpc) is 3.10. The molecule has 138 valence electrons. The predicted molar refractivity (Wildman–Crippen MR) is 103 cm³/mol. The third kappa shape index (κ3) is 5.71. The highest BCUT2D eigenvalue weighted by Gasteiger charge is 2.13. The molecule has 0 spiro atoms. The number of rotatable bonds is 5. The van der Waals surface area contributed by atoms with Gasteiger partial charge in [-0.15, -0.1) is 24.8 Å². The first-order valence-electron chi connectivity index (χ1n) is 7.97. The van der Waals surface area contributed by atoms with Crippen LogP contribution in [0, 0.1) is 6.92 Å². The number of furan rings is 1. The van der Waals surface area contributed by atoms with Crippen LogP contribution < -0.4 is 10.6 Å². The van der Waals surface area contributed by atoms with Crippen LogP contribution in [0.2, 0.25) is 0 Å². The molecule has 2 aromatic rings. The van der Waals surface area contributed by atoms with Gasteiger partial charge in [-0.1, -0.05) is 0 Å². The van der Waals surface area contributed by atoms with Gasteiger partial charge in [0.1, 0.15) is 5.69 Å². The number of hydrogen-bond acceptors (Lipinski definition) is 5. The summed E-state index contributed by atoms with van der Waals surface area (Å²) in [6.45, 7) is 7.49. The summed E-state index contributed by atoms with van der Waals surface area (Å²) in [6.07, 6.45) is 1.61. The fourth-order valence-corrected chi connectivity index (χ4v) is 2.72. The van der Waals surface area contributed by atoms with Crippen molar-refractivity contribution in [2.75, 3.05) is 39.3 Å². The van der Waals surface area contributed by atoms with Crippen LogP contribution in [0.25, 0.3) is 11.5 Å². The standard InChI is InChI=1S/C17H22N4O2.2ClH/c1-13-14(4-5-15(20-13)16-3-2-12-23-16)17(22)19-8-11-21-9-6-18-7-10-21;;/h2-5,12,18H,6-11H2,1H3,(H,19,22);2*1H. The number of aromatic nitrogens is 1. The van der Waals surface area contributed by atoms with Gasteiger partial charge in [0.2, 0.25) is 0 Å². The SMILES string of the molecule is Cc1nc(-c2ccco2)ccc1C(=O)NCCN1CCNCC1.Cl.Cl. The third-order valence-corrected chi connectivity index (χ3v) is 4.03. The lowest BCUT2D eigenvalue weighted by Gasteiger charge is -2.27. The molecular weight excluding hydrogens is 363 g/mol. The van der Waals surface area contributed by atoms with Crippen molar-refractivity contribution in [3.05, 3.63) is 41.8 Å². The number of pyridine rings is 1. The molecule has 0 saturated carbocycles. The van der Waals surface area contributed by atoms with Gasteiger partial charge in [-0.3, -0.25) is 9.69 Å². The molecule has 3 rings (SSSR count). The van der Waals surface area contributed by atoms with Crippen LogP contribution in [0.4, 0.5) is 0 Å². The topological polar surface area (TPSA) is 70.4 Å². The van der Waals surface area contributed by atoms with Crippen molar-refractivity contribution in [1.82, 2.24) is 20.5 Å². The monoisotopic (exact) mass is 386 g/mol. The summed E-state index contributed by atoms with van der Waals surface area (Å²) in [5.74, 6) is 0.634. The molecule has 0 aliphatic carbocycles. The van der Waals surface area contributed by atoms with Gasteiger partial charge in [-0.05, 0) is 31.2 Å². The van der Waals surface area contributed by atoms with Crippen molar-refractivity contribution in [2.24, 2.45) is 0 Å². The van der Waals surface area contributed by atoms with Crippen LogP contribution in [0.1, 0.15) is 16.1 Å². The minimum atomic E-state index is -0.0730. The summed E-state index contributed by atoms with van der Waals surface area (Å²) in [4.78, 5) is 19.1. The third-order valence-electron chi connectivity index (χ3n) is 4.03. The Kier molecular flexibility index (Phi) is 8.92. The minimum Gasteiger partial charge on any atom is -0.463 e. The molecule has 0 aromatic carbocycles. The highest BCUT2D eigenvalue weighted by atomic mass is 35.5. The van der Waals surface area contributed by atoms with E-state index >= 15 is 0 Å². The Morgan fingerprint density at radius 2 is 2.04 bits per heavy atom. The molecule has 8 heteroatoms. The summed E-state index contributed by atoms with van der Waals surface area (Å²) in [5.41, 5.74) is 2.06. The molecule has 2 N–H and O–H groups in total. The lowest BCUT2D eigenvalue weighted by atomic mass is 10.1. The highest BCUT2D eigenvalue weighted by Crippen LogP contribution is 2.19. The second-order valence-corrected chi connectivity index (χ2v) is 5.65. The first-order valence-corrected chi connectivity index (χ1v) is 7.97. The van der Waals surface area contributed by atoms with Crippen molar-refractivity contribution in [1.29, 1.82) is 0 Å². The van der Waals surface area contributed by atoms with E-state index in [0.29, 0.717) is 23.6 Å². The number of amides is 1. The second kappa shape index (κ2) is 10.4. The molecule has 0 radical (unpaired) electrons. The zero-order valence-electron chi connectivity index (χ0n) is 14.2. The van der Waals surface area contributed by atoms with E-state index in [0.717, 1.165) is 38.4 Å². The Labute approximate surface area is 160 Å². The molecular formula is C17H24Cl2N4O2. The van der Waals surface area contributed by atoms with Gasteiger partial charge in [-0.25, -0.2) is 4.98 Å². The first kappa shape index (κ1) is 21.4. The summed E-state index contributed by atoms with van der Waals surface area (Å²) < 4.78 is 5.33. The lowest BCUT2D eigenvalue weighted by molar-refractivity contribution is 0.0946. The minimum absolute atomic E-state index is 0. The summed E-state index contributed by atoms with van der Waals surface area (Å²) in [6, 6.07) is 7.30. The van der Waals surface area contributed by atoms with Crippen LogP contribution in [0.3, 0.4) is 0 Å². The van der Waals surface area contributed by atoms with Gasteiger partial charge in [-0.2, -0.15) is 0 Å². The molecule has 25 heavy (non-hydrogen) atoms. The summed E-state index contributed by atoms with van der Waals surface area (Å²) in [5, 5.41) is 6.30. The van der Waals surface area contributed by atoms with Crippen LogP contribution in [0.15, 0.2) is 34.9 Å². The maximum absolute atomic E-state index is 12.3. The first-order chi connectivity index (χ1) is 11.2. The van der Waals surface area contributed by atoms with Gasteiger partial charge in [0.25, 0.3) is 5.91 Å². The van der Waals surface area contributed by atoms with Crippen molar-refractivity contribution >= 4 is 30.7 Å². The zero-order chi connectivity index (χ0) is 16.1. The molecule has 6 nitrogen and oxygen atoms in total. The van der Waals surface area contributed by atoms with Crippen LogP contribution >= 0.6 is 24.8 Å². The maximum Gasteiger partial charge on any atom is 0.253 e. The number of piperazine rings is 1. The van der Waals surface area contributed by atoms with E-state index in [2.05, 4.69) is 20.5 Å². The Hall–Kier alpha value is -1.60.